The maximum Gasteiger partial charge on any atom is 0.263 e. The molecular formula is C20H15Cl2FN2O3S. The average molecular weight is 453 g/mol. The number of carbonyl (C=O) groups is 1. The Morgan fingerprint density at radius 1 is 1.00 bits per heavy atom. The predicted octanol–water partition coefficient (Wildman–Crippen LogP) is 5.49. The average Bonchev–Trinajstić information content (AvgIpc) is 2.66. The van der Waals surface area contributed by atoms with E-state index in [1.54, 1.807) is 13.0 Å². The van der Waals surface area contributed by atoms with Gasteiger partial charge in [-0.05, 0) is 61.0 Å². The number of sulfonamides is 1. The fraction of sp³-hybridized carbons (Fsp3) is 0.0500. The van der Waals surface area contributed by atoms with Crippen LogP contribution in [-0.2, 0) is 10.0 Å². The molecule has 0 heterocycles. The minimum absolute atomic E-state index is 0.00530. The Morgan fingerprint density at radius 2 is 1.76 bits per heavy atom. The summed E-state index contributed by atoms with van der Waals surface area (Å²) in [4.78, 5) is 12.3. The molecule has 0 aliphatic carbocycles. The summed E-state index contributed by atoms with van der Waals surface area (Å²) in [5.74, 6) is -1.16. The summed E-state index contributed by atoms with van der Waals surface area (Å²) in [6.07, 6.45) is 0. The number of halogens is 3. The normalized spacial score (nSPS) is 11.2. The maximum absolute atomic E-state index is 13.9. The van der Waals surface area contributed by atoms with Crippen molar-refractivity contribution in [3.05, 3.63) is 87.7 Å². The van der Waals surface area contributed by atoms with Crippen molar-refractivity contribution in [1.82, 2.24) is 0 Å². The largest absolute Gasteiger partial charge is 0.319 e. The molecule has 9 heteroatoms. The van der Waals surface area contributed by atoms with E-state index in [1.165, 1.54) is 54.6 Å². The summed E-state index contributed by atoms with van der Waals surface area (Å²) in [6.45, 7) is 1.77. The molecule has 3 aromatic rings. The van der Waals surface area contributed by atoms with Gasteiger partial charge in [-0.1, -0.05) is 35.3 Å². The molecule has 0 saturated heterocycles. The second kappa shape index (κ2) is 8.41. The van der Waals surface area contributed by atoms with Crippen LogP contribution in [-0.4, -0.2) is 14.3 Å². The van der Waals surface area contributed by atoms with E-state index in [1.807, 2.05) is 0 Å². The van der Waals surface area contributed by atoms with Crippen molar-refractivity contribution in [2.45, 2.75) is 11.8 Å². The number of hydrogen-bond donors (Lipinski definition) is 2. The van der Waals surface area contributed by atoms with Gasteiger partial charge in [-0.2, -0.15) is 0 Å². The van der Waals surface area contributed by atoms with Crippen LogP contribution in [0.5, 0.6) is 0 Å². The summed E-state index contributed by atoms with van der Waals surface area (Å²) in [5, 5.41) is 2.69. The molecular weight excluding hydrogens is 438 g/mol. The molecule has 0 aliphatic heterocycles. The van der Waals surface area contributed by atoms with Crippen molar-refractivity contribution >= 4 is 50.5 Å². The van der Waals surface area contributed by atoms with Gasteiger partial charge in [0.25, 0.3) is 15.9 Å². The summed E-state index contributed by atoms with van der Waals surface area (Å²) in [7, 11) is -4.04. The van der Waals surface area contributed by atoms with Gasteiger partial charge in [-0.15, -0.1) is 0 Å². The summed E-state index contributed by atoms with van der Waals surface area (Å²) >= 11 is 11.8. The molecule has 0 fully saturated rings. The van der Waals surface area contributed by atoms with Gasteiger partial charge in [0.15, 0.2) is 0 Å². The molecule has 0 unspecified atom stereocenters. The molecule has 0 radical (unpaired) electrons. The summed E-state index contributed by atoms with van der Waals surface area (Å²) in [6, 6.07) is 14.2. The quantitative estimate of drug-likeness (QED) is 0.536. The third-order valence-electron chi connectivity index (χ3n) is 3.93. The first-order chi connectivity index (χ1) is 13.7. The second-order valence-corrected chi connectivity index (χ2v) is 8.69. The van der Waals surface area contributed by atoms with Gasteiger partial charge in [0.1, 0.15) is 10.7 Å². The van der Waals surface area contributed by atoms with Crippen LogP contribution in [0.4, 0.5) is 15.8 Å². The number of aryl methyl sites for hydroxylation is 1. The summed E-state index contributed by atoms with van der Waals surface area (Å²) < 4.78 is 41.5. The van der Waals surface area contributed by atoms with Crippen LogP contribution in [0.3, 0.4) is 0 Å². The van der Waals surface area contributed by atoms with Gasteiger partial charge < -0.3 is 5.32 Å². The highest BCUT2D eigenvalue weighted by Gasteiger charge is 2.19. The lowest BCUT2D eigenvalue weighted by Crippen LogP contribution is -2.16. The molecule has 5 nitrogen and oxygen atoms in total. The van der Waals surface area contributed by atoms with E-state index < -0.39 is 21.7 Å². The number of anilines is 2. The first kappa shape index (κ1) is 21.1. The number of nitrogens with one attached hydrogen (secondary N) is 2. The molecule has 3 aromatic carbocycles. The molecule has 0 bridgehead atoms. The number of carbonyl (C=O) groups excluding carboxylic acids is 1. The minimum atomic E-state index is -4.04. The van der Waals surface area contributed by atoms with Crippen LogP contribution < -0.4 is 10.0 Å². The number of benzene rings is 3. The van der Waals surface area contributed by atoms with Gasteiger partial charge in [-0.3, -0.25) is 9.52 Å². The fourth-order valence-corrected chi connectivity index (χ4v) is 4.36. The Bertz CT molecular complexity index is 1200. The topological polar surface area (TPSA) is 75.3 Å². The van der Waals surface area contributed by atoms with E-state index in [0.29, 0.717) is 0 Å². The Morgan fingerprint density at radius 3 is 2.52 bits per heavy atom. The van der Waals surface area contributed by atoms with Crippen molar-refractivity contribution in [2.75, 3.05) is 10.0 Å². The van der Waals surface area contributed by atoms with Crippen molar-refractivity contribution in [3.63, 3.8) is 0 Å². The molecule has 2 N–H and O–H groups in total. The monoisotopic (exact) mass is 452 g/mol. The van der Waals surface area contributed by atoms with Gasteiger partial charge in [0.05, 0.1) is 10.7 Å². The van der Waals surface area contributed by atoms with Crippen molar-refractivity contribution in [2.24, 2.45) is 0 Å². The molecule has 1 amide bonds. The number of rotatable bonds is 5. The van der Waals surface area contributed by atoms with E-state index in [4.69, 9.17) is 23.2 Å². The van der Waals surface area contributed by atoms with Gasteiger partial charge >= 0.3 is 0 Å². The zero-order valence-electron chi connectivity index (χ0n) is 15.0. The third-order valence-corrected chi connectivity index (χ3v) is 6.03. The first-order valence-electron chi connectivity index (χ1n) is 8.31. The van der Waals surface area contributed by atoms with E-state index >= 15 is 0 Å². The van der Waals surface area contributed by atoms with Gasteiger partial charge in [-0.25, -0.2) is 12.8 Å². The Hall–Kier alpha value is -2.61. The van der Waals surface area contributed by atoms with E-state index in [2.05, 4.69) is 10.0 Å². The molecule has 150 valence electrons. The van der Waals surface area contributed by atoms with Gasteiger partial charge in [0.2, 0.25) is 0 Å². The minimum Gasteiger partial charge on any atom is -0.319 e. The molecule has 0 spiro atoms. The highest BCUT2D eigenvalue weighted by atomic mass is 35.5. The van der Waals surface area contributed by atoms with Crippen LogP contribution in [0.25, 0.3) is 0 Å². The van der Waals surface area contributed by atoms with Crippen LogP contribution in [0.1, 0.15) is 15.9 Å². The van der Waals surface area contributed by atoms with E-state index in [9.17, 15) is 17.6 Å². The molecule has 0 aliphatic rings. The smallest absolute Gasteiger partial charge is 0.263 e. The van der Waals surface area contributed by atoms with Crippen LogP contribution >= 0.6 is 23.2 Å². The Balaban J connectivity index is 1.85. The van der Waals surface area contributed by atoms with Crippen LogP contribution in [0.15, 0.2) is 65.6 Å². The molecule has 0 atom stereocenters. The Labute approximate surface area is 177 Å². The zero-order valence-corrected chi connectivity index (χ0v) is 17.4. The highest BCUT2D eigenvalue weighted by molar-refractivity contribution is 7.92. The van der Waals surface area contributed by atoms with Gasteiger partial charge in [0, 0.05) is 16.3 Å². The molecule has 3 rings (SSSR count). The molecule has 0 aromatic heterocycles. The maximum atomic E-state index is 13.9. The fourth-order valence-electron chi connectivity index (χ4n) is 2.55. The Kier molecular flexibility index (Phi) is 6.12. The van der Waals surface area contributed by atoms with E-state index in [0.717, 1.165) is 5.56 Å². The highest BCUT2D eigenvalue weighted by Crippen LogP contribution is 2.27. The van der Waals surface area contributed by atoms with Crippen LogP contribution in [0, 0.1) is 12.7 Å². The summed E-state index contributed by atoms with van der Waals surface area (Å²) in [5.41, 5.74) is 1.09. The zero-order chi connectivity index (χ0) is 21.2. The first-order valence-corrected chi connectivity index (χ1v) is 10.5. The van der Waals surface area contributed by atoms with Crippen molar-refractivity contribution in [1.29, 1.82) is 0 Å². The molecule has 0 saturated carbocycles. The van der Waals surface area contributed by atoms with Crippen molar-refractivity contribution in [3.8, 4) is 0 Å². The lowest BCUT2D eigenvalue weighted by atomic mass is 10.1. The lowest BCUT2D eigenvalue weighted by molar-refractivity contribution is 0.102. The number of hydrogen-bond acceptors (Lipinski definition) is 3. The molecule has 29 heavy (non-hydrogen) atoms. The second-order valence-electron chi connectivity index (χ2n) is 6.20. The van der Waals surface area contributed by atoms with E-state index in [-0.39, 0.29) is 31.9 Å². The van der Waals surface area contributed by atoms with Crippen molar-refractivity contribution < 1.29 is 17.6 Å². The lowest BCUT2D eigenvalue weighted by Gasteiger charge is -2.12. The van der Waals surface area contributed by atoms with Crippen LogP contribution in [0.2, 0.25) is 10.0 Å². The standard InChI is InChI=1S/C20H15Cl2FN2O3S/c1-12-5-8-17(23)18(9-12)24-20(26)13-3-2-4-15(10-13)25-29(27,28)19-11-14(21)6-7-16(19)22/h2-11,25H,1H3,(H,24,26). The SMILES string of the molecule is Cc1ccc(F)c(NC(=O)c2cccc(NS(=O)(=O)c3cc(Cl)ccc3Cl)c2)c1. The number of amides is 1. The predicted molar refractivity (Wildman–Crippen MR) is 113 cm³/mol. The third kappa shape index (κ3) is 5.06.